The van der Waals surface area contributed by atoms with Crippen LogP contribution in [0.15, 0.2) is 30.3 Å². The number of nitrogen functional groups attached to an aromatic ring is 1. The van der Waals surface area contributed by atoms with Crippen LogP contribution in [0.5, 0.6) is 0 Å². The maximum Gasteiger partial charge on any atom is 0.105 e. The summed E-state index contributed by atoms with van der Waals surface area (Å²) in [6, 6.07) is 8.96. The summed E-state index contributed by atoms with van der Waals surface area (Å²) < 4.78 is 0. The summed E-state index contributed by atoms with van der Waals surface area (Å²) in [6.45, 7) is 0. The smallest absolute Gasteiger partial charge is 0.105 e. The first-order chi connectivity index (χ1) is 8.08. The van der Waals surface area contributed by atoms with Crippen LogP contribution in [0.2, 0.25) is 10.0 Å². The number of nitrogens with two attached hydrogens (primary N) is 1. The van der Waals surface area contributed by atoms with Crippen LogP contribution >= 0.6 is 23.2 Å². The van der Waals surface area contributed by atoms with Crippen molar-refractivity contribution in [1.29, 1.82) is 0 Å². The molecule has 86 valence electrons. The molecule has 3 rings (SSSR count). The highest BCUT2D eigenvalue weighted by atomic mass is 35.5. The molecule has 0 amide bonds. The molecule has 0 saturated carbocycles. The summed E-state index contributed by atoms with van der Waals surface area (Å²) in [7, 11) is 0. The molecule has 1 aliphatic rings. The van der Waals surface area contributed by atoms with E-state index in [0.29, 0.717) is 15.7 Å². The van der Waals surface area contributed by atoms with Crippen molar-refractivity contribution in [2.75, 3.05) is 5.73 Å². The molecular formula is C13H9Cl2NO. The molecule has 0 unspecified atom stereocenters. The van der Waals surface area contributed by atoms with Crippen LogP contribution in [0.4, 0.5) is 5.69 Å². The first kappa shape index (κ1) is 10.9. The van der Waals surface area contributed by atoms with Gasteiger partial charge in [0, 0.05) is 5.02 Å². The number of halogens is 2. The molecule has 0 aromatic heterocycles. The van der Waals surface area contributed by atoms with E-state index in [1.165, 1.54) is 0 Å². The van der Waals surface area contributed by atoms with E-state index in [4.69, 9.17) is 28.9 Å². The fourth-order valence-corrected chi connectivity index (χ4v) is 2.58. The predicted molar refractivity (Wildman–Crippen MR) is 70.4 cm³/mol. The first-order valence-electron chi connectivity index (χ1n) is 5.14. The lowest BCUT2D eigenvalue weighted by Gasteiger charge is -2.07. The van der Waals surface area contributed by atoms with E-state index in [-0.39, 0.29) is 0 Å². The Morgan fingerprint density at radius 3 is 2.47 bits per heavy atom. The average molecular weight is 266 g/mol. The lowest BCUT2D eigenvalue weighted by atomic mass is 10.1. The lowest BCUT2D eigenvalue weighted by molar-refractivity contribution is 0.225. The van der Waals surface area contributed by atoms with Crippen molar-refractivity contribution in [1.82, 2.24) is 0 Å². The molecule has 0 spiro atoms. The van der Waals surface area contributed by atoms with Crippen molar-refractivity contribution in [2.45, 2.75) is 6.10 Å². The largest absolute Gasteiger partial charge is 0.398 e. The molecule has 17 heavy (non-hydrogen) atoms. The minimum atomic E-state index is -0.682. The summed E-state index contributed by atoms with van der Waals surface area (Å²) in [5, 5.41) is 11.3. The molecule has 2 aromatic rings. The zero-order chi connectivity index (χ0) is 12.2. The standard InChI is InChI=1S/C13H9Cl2NO/c14-6-1-2-7-8-4-11(15)12(16)5-10(8)13(17)9(7)3-6/h1-5,13,17H,16H2/t13-/m1/s1. The topological polar surface area (TPSA) is 46.2 Å². The van der Waals surface area contributed by atoms with Gasteiger partial charge in [-0.15, -0.1) is 0 Å². The SMILES string of the molecule is Nc1cc2c(cc1Cl)-c1ccc(Cl)cc1[C@H]2O. The van der Waals surface area contributed by atoms with Gasteiger partial charge >= 0.3 is 0 Å². The van der Waals surface area contributed by atoms with Gasteiger partial charge in [-0.05, 0) is 46.5 Å². The first-order valence-corrected chi connectivity index (χ1v) is 5.90. The molecule has 0 radical (unpaired) electrons. The van der Waals surface area contributed by atoms with Crippen molar-refractivity contribution < 1.29 is 5.11 Å². The fraction of sp³-hybridized carbons (Fsp3) is 0.0769. The number of aliphatic hydroxyl groups excluding tert-OH is 1. The van der Waals surface area contributed by atoms with Gasteiger partial charge in [0.05, 0.1) is 10.7 Å². The zero-order valence-electron chi connectivity index (χ0n) is 8.74. The van der Waals surface area contributed by atoms with Gasteiger partial charge in [0.1, 0.15) is 6.10 Å². The maximum atomic E-state index is 10.2. The molecule has 2 aromatic carbocycles. The Bertz CT molecular complexity index is 625. The Balaban J connectivity index is 2.31. The molecule has 1 atom stereocenters. The highest BCUT2D eigenvalue weighted by Crippen LogP contribution is 2.46. The van der Waals surface area contributed by atoms with Crippen molar-refractivity contribution in [2.24, 2.45) is 0 Å². The second-order valence-corrected chi connectivity index (χ2v) is 4.94. The van der Waals surface area contributed by atoms with E-state index in [9.17, 15) is 5.11 Å². The van der Waals surface area contributed by atoms with Gasteiger partial charge in [-0.2, -0.15) is 0 Å². The maximum absolute atomic E-state index is 10.2. The van der Waals surface area contributed by atoms with E-state index in [1.807, 2.05) is 6.07 Å². The zero-order valence-corrected chi connectivity index (χ0v) is 10.3. The minimum absolute atomic E-state index is 0.475. The van der Waals surface area contributed by atoms with Crippen molar-refractivity contribution in [3.63, 3.8) is 0 Å². The van der Waals surface area contributed by atoms with E-state index >= 15 is 0 Å². The number of hydrogen-bond acceptors (Lipinski definition) is 2. The Morgan fingerprint density at radius 1 is 1.00 bits per heavy atom. The molecule has 3 N–H and O–H groups in total. The van der Waals surface area contributed by atoms with Crippen LogP contribution in [0.25, 0.3) is 11.1 Å². The monoisotopic (exact) mass is 265 g/mol. The normalized spacial score (nSPS) is 16.8. The Kier molecular flexibility index (Phi) is 2.33. The Morgan fingerprint density at radius 2 is 1.71 bits per heavy atom. The number of aliphatic hydroxyl groups is 1. The molecule has 0 aliphatic heterocycles. The van der Waals surface area contributed by atoms with Crippen LogP contribution in [0.1, 0.15) is 17.2 Å². The average Bonchev–Trinajstić information content (AvgIpc) is 2.54. The molecule has 4 heteroatoms. The molecular weight excluding hydrogens is 257 g/mol. The summed E-state index contributed by atoms with van der Waals surface area (Å²) in [4.78, 5) is 0. The van der Waals surface area contributed by atoms with Crippen LogP contribution in [-0.2, 0) is 0 Å². The summed E-state index contributed by atoms with van der Waals surface area (Å²) in [6.07, 6.45) is -0.682. The number of fused-ring (bicyclic) bond motifs is 3. The Labute approximate surface area is 109 Å². The van der Waals surface area contributed by atoms with Crippen molar-refractivity contribution >= 4 is 28.9 Å². The van der Waals surface area contributed by atoms with E-state index in [0.717, 1.165) is 22.3 Å². The molecule has 0 saturated heterocycles. The predicted octanol–water partition coefficient (Wildman–Crippen LogP) is 3.64. The van der Waals surface area contributed by atoms with Gasteiger partial charge in [-0.25, -0.2) is 0 Å². The van der Waals surface area contributed by atoms with Crippen molar-refractivity contribution in [3.8, 4) is 11.1 Å². The van der Waals surface area contributed by atoms with Crippen LogP contribution in [0.3, 0.4) is 0 Å². The third-order valence-electron chi connectivity index (χ3n) is 3.06. The number of anilines is 1. The lowest BCUT2D eigenvalue weighted by Crippen LogP contribution is -1.95. The molecule has 1 aliphatic carbocycles. The van der Waals surface area contributed by atoms with Gasteiger partial charge in [-0.1, -0.05) is 29.3 Å². The van der Waals surface area contributed by atoms with Gasteiger partial charge in [0.15, 0.2) is 0 Å². The second-order valence-electron chi connectivity index (χ2n) is 4.10. The fourth-order valence-electron chi connectivity index (χ4n) is 2.24. The number of hydrogen-bond donors (Lipinski definition) is 2. The van der Waals surface area contributed by atoms with Crippen LogP contribution in [0, 0.1) is 0 Å². The molecule has 0 heterocycles. The highest BCUT2D eigenvalue weighted by molar-refractivity contribution is 6.33. The Hall–Kier alpha value is -1.22. The van der Waals surface area contributed by atoms with Gasteiger partial charge in [0.25, 0.3) is 0 Å². The summed E-state index contributed by atoms with van der Waals surface area (Å²) in [5.74, 6) is 0. The molecule has 0 bridgehead atoms. The summed E-state index contributed by atoms with van der Waals surface area (Å²) >= 11 is 11.9. The van der Waals surface area contributed by atoms with Gasteiger partial charge < -0.3 is 10.8 Å². The van der Waals surface area contributed by atoms with E-state index < -0.39 is 6.10 Å². The van der Waals surface area contributed by atoms with Crippen molar-refractivity contribution in [3.05, 3.63) is 51.5 Å². The third kappa shape index (κ3) is 1.53. The molecule has 2 nitrogen and oxygen atoms in total. The van der Waals surface area contributed by atoms with Crippen LogP contribution in [-0.4, -0.2) is 5.11 Å². The summed E-state index contributed by atoms with van der Waals surface area (Å²) in [5.41, 5.74) is 9.68. The van der Waals surface area contributed by atoms with Gasteiger partial charge in [-0.3, -0.25) is 0 Å². The minimum Gasteiger partial charge on any atom is -0.398 e. The van der Waals surface area contributed by atoms with E-state index in [1.54, 1.807) is 24.3 Å². The quantitative estimate of drug-likeness (QED) is 0.715. The number of rotatable bonds is 0. The van der Waals surface area contributed by atoms with E-state index in [2.05, 4.69) is 0 Å². The highest BCUT2D eigenvalue weighted by Gasteiger charge is 2.28. The molecule has 0 fully saturated rings. The van der Waals surface area contributed by atoms with Gasteiger partial charge in [0.2, 0.25) is 0 Å². The second kappa shape index (κ2) is 3.64. The third-order valence-corrected chi connectivity index (χ3v) is 3.62. The van der Waals surface area contributed by atoms with Crippen LogP contribution < -0.4 is 5.73 Å². The number of benzene rings is 2.